The third-order valence-corrected chi connectivity index (χ3v) is 6.13. The molecule has 2 aromatic carbocycles. The Morgan fingerprint density at radius 1 is 1.26 bits per heavy atom. The number of carbonyl (C=O) groups is 2. The summed E-state index contributed by atoms with van der Waals surface area (Å²) in [6.45, 7) is 7.60. The van der Waals surface area contributed by atoms with E-state index in [-0.39, 0.29) is 29.0 Å². The van der Waals surface area contributed by atoms with Gasteiger partial charge in [0, 0.05) is 26.9 Å². The number of ether oxygens (including phenoxy) is 1. The number of nitrogens with zero attached hydrogens (tertiary/aromatic N) is 1. The van der Waals surface area contributed by atoms with Crippen LogP contribution in [0.4, 0.5) is 4.39 Å². The van der Waals surface area contributed by atoms with E-state index in [4.69, 9.17) is 16.3 Å². The minimum atomic E-state index is -0.563. The van der Waals surface area contributed by atoms with E-state index in [1.807, 2.05) is 26.8 Å². The van der Waals surface area contributed by atoms with Crippen molar-refractivity contribution in [3.8, 4) is 0 Å². The fourth-order valence-electron chi connectivity index (χ4n) is 3.33. The summed E-state index contributed by atoms with van der Waals surface area (Å²) in [5.74, 6) is -1.17. The smallest absolute Gasteiger partial charge is 0.338 e. The van der Waals surface area contributed by atoms with Crippen molar-refractivity contribution in [3.63, 3.8) is 0 Å². The van der Waals surface area contributed by atoms with Gasteiger partial charge in [-0.1, -0.05) is 29.4 Å². The number of fused-ring (bicyclic) bond motifs is 1. The van der Waals surface area contributed by atoms with Gasteiger partial charge in [0.2, 0.25) is 5.91 Å². The monoisotopic (exact) mass is 462 g/mol. The van der Waals surface area contributed by atoms with Crippen LogP contribution >= 0.6 is 23.4 Å². The van der Waals surface area contributed by atoms with Crippen LogP contribution in [0.3, 0.4) is 0 Å². The van der Waals surface area contributed by atoms with Gasteiger partial charge in [-0.15, -0.1) is 0 Å². The maximum absolute atomic E-state index is 15.0. The first-order valence-electron chi connectivity index (χ1n) is 9.94. The molecule has 8 heteroatoms. The number of hydrogen-bond acceptors (Lipinski definition) is 4. The number of nitrogens with one attached hydrogen (secondary N) is 1. The van der Waals surface area contributed by atoms with Gasteiger partial charge in [-0.05, 0) is 58.0 Å². The van der Waals surface area contributed by atoms with E-state index in [9.17, 15) is 9.59 Å². The summed E-state index contributed by atoms with van der Waals surface area (Å²) in [6.07, 6.45) is 0. The number of halogens is 2. The molecule has 0 saturated heterocycles. The van der Waals surface area contributed by atoms with Gasteiger partial charge in [0.05, 0.1) is 22.7 Å². The average molecular weight is 463 g/mol. The molecule has 0 bridgehead atoms. The van der Waals surface area contributed by atoms with E-state index in [1.54, 1.807) is 35.8 Å². The Morgan fingerprint density at radius 3 is 2.68 bits per heavy atom. The van der Waals surface area contributed by atoms with Crippen LogP contribution in [-0.2, 0) is 16.1 Å². The summed E-state index contributed by atoms with van der Waals surface area (Å²) in [4.78, 5) is 26.1. The lowest BCUT2D eigenvalue weighted by atomic mass is 10.2. The third-order valence-electron chi connectivity index (χ3n) is 4.63. The highest BCUT2D eigenvalue weighted by molar-refractivity contribution is 7.99. The van der Waals surface area contributed by atoms with Crippen LogP contribution in [0, 0.1) is 12.7 Å². The first kappa shape index (κ1) is 23.2. The molecule has 1 N–H and O–H groups in total. The molecule has 5 nitrogen and oxygen atoms in total. The topological polar surface area (TPSA) is 60.3 Å². The molecule has 1 aromatic heterocycles. The molecule has 0 unspecified atom stereocenters. The molecule has 0 fully saturated rings. The molecular weight excluding hydrogens is 439 g/mol. The Balaban J connectivity index is 2.06. The lowest BCUT2D eigenvalue weighted by molar-refractivity contribution is -0.122. The lowest BCUT2D eigenvalue weighted by Crippen LogP contribution is -2.33. The van der Waals surface area contributed by atoms with Crippen molar-refractivity contribution in [2.75, 3.05) is 6.61 Å². The zero-order chi connectivity index (χ0) is 22.7. The summed E-state index contributed by atoms with van der Waals surface area (Å²) in [6, 6.07) is 10.3. The first-order valence-corrected chi connectivity index (χ1v) is 11.1. The maximum atomic E-state index is 15.0. The van der Waals surface area contributed by atoms with Gasteiger partial charge < -0.3 is 14.6 Å². The first-order chi connectivity index (χ1) is 14.7. The molecule has 1 amide bonds. The van der Waals surface area contributed by atoms with Crippen LogP contribution in [0.25, 0.3) is 10.9 Å². The zero-order valence-electron chi connectivity index (χ0n) is 17.8. The highest BCUT2D eigenvalue weighted by Crippen LogP contribution is 2.40. The Morgan fingerprint density at radius 2 is 2.00 bits per heavy atom. The van der Waals surface area contributed by atoms with Gasteiger partial charge in [-0.25, -0.2) is 9.18 Å². The normalized spacial score (nSPS) is 11.2. The van der Waals surface area contributed by atoms with E-state index >= 15 is 4.39 Å². The highest BCUT2D eigenvalue weighted by Gasteiger charge is 2.22. The van der Waals surface area contributed by atoms with Gasteiger partial charge in [0.15, 0.2) is 5.82 Å². The maximum Gasteiger partial charge on any atom is 0.338 e. The van der Waals surface area contributed by atoms with Gasteiger partial charge in [-0.2, -0.15) is 0 Å². The predicted octanol–water partition coefficient (Wildman–Crippen LogP) is 5.59. The third kappa shape index (κ3) is 5.05. The van der Waals surface area contributed by atoms with Crippen LogP contribution in [0.5, 0.6) is 0 Å². The predicted molar refractivity (Wildman–Crippen MR) is 121 cm³/mol. The van der Waals surface area contributed by atoms with Crippen molar-refractivity contribution >= 4 is 46.1 Å². The summed E-state index contributed by atoms with van der Waals surface area (Å²) in [5, 5.41) is 3.49. The van der Waals surface area contributed by atoms with E-state index in [2.05, 4.69) is 5.32 Å². The number of esters is 1. The molecule has 0 aliphatic rings. The summed E-state index contributed by atoms with van der Waals surface area (Å²) in [7, 11) is 0. The molecule has 1 heterocycles. The van der Waals surface area contributed by atoms with Crippen LogP contribution in [-0.4, -0.2) is 29.1 Å². The minimum absolute atomic E-state index is 0.00336. The van der Waals surface area contributed by atoms with Crippen molar-refractivity contribution in [2.24, 2.45) is 0 Å². The number of carbonyl (C=O) groups excluding carboxylic acids is 2. The Kier molecular flexibility index (Phi) is 7.28. The van der Waals surface area contributed by atoms with Gasteiger partial charge in [0.25, 0.3) is 0 Å². The number of rotatable bonds is 7. The van der Waals surface area contributed by atoms with Crippen LogP contribution in [0.2, 0.25) is 5.02 Å². The fourth-order valence-corrected chi connectivity index (χ4v) is 4.58. The molecule has 0 spiro atoms. The zero-order valence-corrected chi connectivity index (χ0v) is 19.4. The Labute approximate surface area is 189 Å². The van der Waals surface area contributed by atoms with Crippen molar-refractivity contribution in [3.05, 3.63) is 58.5 Å². The van der Waals surface area contributed by atoms with Crippen molar-refractivity contribution in [2.45, 2.75) is 50.1 Å². The minimum Gasteiger partial charge on any atom is -0.462 e. The quantitative estimate of drug-likeness (QED) is 0.464. The van der Waals surface area contributed by atoms with Crippen molar-refractivity contribution in [1.82, 2.24) is 9.88 Å². The van der Waals surface area contributed by atoms with Crippen LogP contribution in [0.15, 0.2) is 46.2 Å². The molecule has 31 heavy (non-hydrogen) atoms. The van der Waals surface area contributed by atoms with Gasteiger partial charge in [-0.3, -0.25) is 4.79 Å². The molecule has 0 saturated carbocycles. The standard InChI is InChI=1S/C23H24ClFN2O3S/c1-5-30-23(29)15-7-6-8-16(11-15)31-22-14(4)27(12-19(28)26-13(2)3)21-17(22)9-10-18(24)20(21)25/h6-11,13H,5,12H2,1-4H3,(H,26,28). The number of hydrogen-bond donors (Lipinski definition) is 1. The Bertz CT molecular complexity index is 1140. The van der Waals surface area contributed by atoms with E-state index in [0.29, 0.717) is 17.6 Å². The number of aromatic nitrogens is 1. The average Bonchev–Trinajstić information content (AvgIpc) is 2.96. The summed E-state index contributed by atoms with van der Waals surface area (Å²) >= 11 is 7.44. The number of amides is 1. The fraction of sp³-hybridized carbons (Fsp3) is 0.304. The van der Waals surface area contributed by atoms with Crippen LogP contribution in [0.1, 0.15) is 36.8 Å². The highest BCUT2D eigenvalue weighted by atomic mass is 35.5. The largest absolute Gasteiger partial charge is 0.462 e. The van der Waals surface area contributed by atoms with Crippen LogP contribution < -0.4 is 5.32 Å². The SMILES string of the molecule is CCOC(=O)c1cccc(Sc2c(C)n(CC(=O)NC(C)C)c3c(F)c(Cl)ccc23)c1. The second kappa shape index (κ2) is 9.75. The molecular formula is C23H24ClFN2O3S. The molecule has 3 aromatic rings. The second-order valence-corrected chi connectivity index (χ2v) is 8.82. The van der Waals surface area contributed by atoms with Gasteiger partial charge >= 0.3 is 5.97 Å². The lowest BCUT2D eigenvalue weighted by Gasteiger charge is -2.12. The molecule has 0 radical (unpaired) electrons. The van der Waals surface area contributed by atoms with Crippen molar-refractivity contribution < 1.29 is 18.7 Å². The number of benzene rings is 2. The Hall–Kier alpha value is -2.51. The second-order valence-electron chi connectivity index (χ2n) is 7.33. The molecule has 3 rings (SSSR count). The van der Waals surface area contributed by atoms with Crippen molar-refractivity contribution in [1.29, 1.82) is 0 Å². The van der Waals surface area contributed by atoms with E-state index in [1.165, 1.54) is 17.8 Å². The van der Waals surface area contributed by atoms with Gasteiger partial charge in [0.1, 0.15) is 6.54 Å². The molecule has 0 aliphatic heterocycles. The summed E-state index contributed by atoms with van der Waals surface area (Å²) in [5.41, 5.74) is 1.47. The summed E-state index contributed by atoms with van der Waals surface area (Å²) < 4.78 is 21.7. The molecule has 164 valence electrons. The molecule has 0 atom stereocenters. The van der Waals surface area contributed by atoms with E-state index in [0.717, 1.165) is 15.5 Å². The van der Waals surface area contributed by atoms with E-state index < -0.39 is 11.8 Å². The molecule has 0 aliphatic carbocycles.